The molecule has 188 valence electrons. The highest BCUT2D eigenvalue weighted by Gasteiger charge is 2.42. The molecule has 10 heteroatoms. The van der Waals surface area contributed by atoms with Crippen LogP contribution in [0.15, 0.2) is 28.8 Å². The van der Waals surface area contributed by atoms with Crippen LogP contribution in [-0.4, -0.2) is 63.6 Å². The maximum absolute atomic E-state index is 14.6. The number of halogens is 2. The summed E-state index contributed by atoms with van der Waals surface area (Å²) in [5.74, 6) is -4.59. The first-order valence-electron chi connectivity index (χ1n) is 10.9. The summed E-state index contributed by atoms with van der Waals surface area (Å²) in [6, 6.07) is 2.89. The van der Waals surface area contributed by atoms with Crippen LogP contribution in [0.3, 0.4) is 0 Å². The molecule has 5 atom stereocenters. The number of benzene rings is 1. The number of aliphatic imine (C=N–C) groups is 1. The number of methoxy groups -OCH3 is 1. The van der Waals surface area contributed by atoms with Gasteiger partial charge in [-0.1, -0.05) is 24.6 Å². The Morgan fingerprint density at radius 2 is 2.06 bits per heavy atom. The van der Waals surface area contributed by atoms with Crippen LogP contribution >= 0.6 is 23.5 Å². The van der Waals surface area contributed by atoms with E-state index in [0.29, 0.717) is 16.5 Å². The van der Waals surface area contributed by atoms with E-state index in [4.69, 9.17) is 10.1 Å². The van der Waals surface area contributed by atoms with Crippen LogP contribution in [-0.2, 0) is 9.53 Å². The van der Waals surface area contributed by atoms with Crippen LogP contribution < -0.4 is 0 Å². The second-order valence-corrected chi connectivity index (χ2v) is 10.8. The number of rotatable bonds is 11. The molecule has 0 amide bonds. The SMILES string of the molecule is COC(CSC(C(=N)C=C(C)C)C(C)CO)N=C1SCC(c2ccc(C)c(F)c2F)C1C(=O)O. The van der Waals surface area contributed by atoms with Crippen molar-refractivity contribution in [1.82, 2.24) is 0 Å². The lowest BCUT2D eigenvalue weighted by molar-refractivity contribution is -0.139. The van der Waals surface area contributed by atoms with Crippen molar-refractivity contribution in [3.63, 3.8) is 0 Å². The molecular formula is C24H32F2N2O4S2. The number of aliphatic hydroxyl groups excluding tert-OH is 1. The predicted molar refractivity (Wildman–Crippen MR) is 135 cm³/mol. The summed E-state index contributed by atoms with van der Waals surface area (Å²) < 4.78 is 34.2. The zero-order chi connectivity index (χ0) is 25.6. The molecule has 0 aliphatic carbocycles. The average molecular weight is 515 g/mol. The van der Waals surface area contributed by atoms with E-state index in [-0.39, 0.29) is 34.7 Å². The van der Waals surface area contributed by atoms with Crippen LogP contribution in [0.2, 0.25) is 0 Å². The molecule has 1 fully saturated rings. The van der Waals surface area contributed by atoms with Crippen LogP contribution in [0.1, 0.15) is 37.8 Å². The van der Waals surface area contributed by atoms with Crippen molar-refractivity contribution >= 4 is 40.2 Å². The number of allylic oxidation sites excluding steroid dienone is 2. The van der Waals surface area contributed by atoms with Gasteiger partial charge in [0.15, 0.2) is 17.9 Å². The highest BCUT2D eigenvalue weighted by atomic mass is 32.2. The third kappa shape index (κ3) is 6.90. The molecule has 1 saturated heterocycles. The Bertz CT molecular complexity index is 967. The van der Waals surface area contributed by atoms with Gasteiger partial charge >= 0.3 is 5.97 Å². The van der Waals surface area contributed by atoms with E-state index in [0.717, 1.165) is 5.57 Å². The van der Waals surface area contributed by atoms with Crippen molar-refractivity contribution in [3.8, 4) is 0 Å². The van der Waals surface area contributed by atoms with Crippen LogP contribution in [0.5, 0.6) is 0 Å². The number of ether oxygens (including phenoxy) is 1. The normalized spacial score (nSPS) is 21.8. The molecule has 0 spiro atoms. The Morgan fingerprint density at radius 1 is 1.38 bits per heavy atom. The van der Waals surface area contributed by atoms with Gasteiger partial charge in [0.1, 0.15) is 5.92 Å². The van der Waals surface area contributed by atoms with Gasteiger partial charge in [-0.25, -0.2) is 8.78 Å². The first-order chi connectivity index (χ1) is 16.0. The lowest BCUT2D eigenvalue weighted by atomic mass is 9.87. The molecule has 0 saturated carbocycles. The van der Waals surface area contributed by atoms with E-state index in [9.17, 15) is 23.8 Å². The van der Waals surface area contributed by atoms with Crippen LogP contribution in [0, 0.1) is 35.8 Å². The van der Waals surface area contributed by atoms with Crippen LogP contribution in [0.4, 0.5) is 8.78 Å². The Kier molecular flexibility index (Phi) is 10.7. The first kappa shape index (κ1) is 28.5. The summed E-state index contributed by atoms with van der Waals surface area (Å²) in [7, 11) is 1.46. The molecule has 5 unspecified atom stereocenters. The average Bonchev–Trinajstić information content (AvgIpc) is 3.19. The number of aliphatic hydroxyl groups is 1. The second-order valence-electron chi connectivity index (χ2n) is 8.58. The molecular weight excluding hydrogens is 482 g/mol. The minimum atomic E-state index is -1.16. The molecule has 1 heterocycles. The Morgan fingerprint density at radius 3 is 2.62 bits per heavy atom. The number of carbonyl (C=O) groups is 1. The summed E-state index contributed by atoms with van der Waals surface area (Å²) in [4.78, 5) is 16.6. The van der Waals surface area contributed by atoms with E-state index >= 15 is 0 Å². The van der Waals surface area contributed by atoms with Gasteiger partial charge in [0.05, 0.1) is 10.3 Å². The highest BCUT2D eigenvalue weighted by Crippen LogP contribution is 2.42. The van der Waals surface area contributed by atoms with Gasteiger partial charge in [0.2, 0.25) is 0 Å². The maximum Gasteiger partial charge on any atom is 0.313 e. The largest absolute Gasteiger partial charge is 0.481 e. The molecule has 2 rings (SSSR count). The number of thioether (sulfide) groups is 2. The number of nitrogens with one attached hydrogen (secondary N) is 1. The van der Waals surface area contributed by atoms with Crippen molar-refractivity contribution in [3.05, 3.63) is 46.5 Å². The minimum Gasteiger partial charge on any atom is -0.481 e. The third-order valence-electron chi connectivity index (χ3n) is 5.57. The third-order valence-corrected chi connectivity index (χ3v) is 8.30. The number of aliphatic carboxylic acids is 1. The van der Waals surface area contributed by atoms with Crippen LogP contribution in [0.25, 0.3) is 0 Å². The van der Waals surface area contributed by atoms with Crippen molar-refractivity contribution in [2.45, 2.75) is 45.1 Å². The molecule has 1 aliphatic heterocycles. The molecule has 1 aromatic carbocycles. The highest BCUT2D eigenvalue weighted by molar-refractivity contribution is 8.14. The van der Waals surface area contributed by atoms with Gasteiger partial charge in [0, 0.05) is 36.9 Å². The van der Waals surface area contributed by atoms with Crippen molar-refractivity contribution in [1.29, 1.82) is 5.41 Å². The fraction of sp³-hybridized carbons (Fsp3) is 0.542. The zero-order valence-corrected chi connectivity index (χ0v) is 21.6. The fourth-order valence-electron chi connectivity index (χ4n) is 3.68. The summed E-state index contributed by atoms with van der Waals surface area (Å²) >= 11 is 2.61. The number of carboxylic acids is 1. The summed E-state index contributed by atoms with van der Waals surface area (Å²) in [5, 5.41) is 27.9. The molecule has 1 aliphatic rings. The number of carboxylic acid groups (broad SMARTS) is 1. The monoisotopic (exact) mass is 514 g/mol. The van der Waals surface area contributed by atoms with E-state index in [2.05, 4.69) is 4.99 Å². The summed E-state index contributed by atoms with van der Waals surface area (Å²) in [6.45, 7) is 7.01. The fourth-order valence-corrected chi connectivity index (χ4v) is 6.28. The number of nitrogens with zero attached hydrogens (tertiary/aromatic N) is 1. The topological polar surface area (TPSA) is 103 Å². The first-order valence-corrected chi connectivity index (χ1v) is 12.9. The van der Waals surface area contributed by atoms with E-state index in [1.807, 2.05) is 20.8 Å². The van der Waals surface area contributed by atoms with E-state index in [1.54, 1.807) is 6.08 Å². The van der Waals surface area contributed by atoms with E-state index in [1.165, 1.54) is 49.7 Å². The van der Waals surface area contributed by atoms with Gasteiger partial charge in [-0.2, -0.15) is 0 Å². The predicted octanol–water partition coefficient (Wildman–Crippen LogP) is 4.89. The molecule has 34 heavy (non-hydrogen) atoms. The molecule has 1 aromatic rings. The van der Waals surface area contributed by atoms with Gasteiger partial charge in [-0.3, -0.25) is 9.79 Å². The molecule has 6 nitrogen and oxygen atoms in total. The summed E-state index contributed by atoms with van der Waals surface area (Å²) in [6.07, 6.45) is 1.06. The van der Waals surface area contributed by atoms with Gasteiger partial charge in [0.25, 0.3) is 0 Å². The zero-order valence-electron chi connectivity index (χ0n) is 20.0. The number of hydrogen-bond acceptors (Lipinski definition) is 7. The molecule has 0 aromatic heterocycles. The minimum absolute atomic E-state index is 0.0311. The molecule has 3 N–H and O–H groups in total. The van der Waals surface area contributed by atoms with Crippen molar-refractivity contribution in [2.75, 3.05) is 25.2 Å². The second kappa shape index (κ2) is 12.8. The maximum atomic E-state index is 14.6. The van der Waals surface area contributed by atoms with Crippen molar-refractivity contribution in [2.24, 2.45) is 16.8 Å². The lowest BCUT2D eigenvalue weighted by Gasteiger charge is -2.23. The Hall–Kier alpha value is -1.75. The smallest absolute Gasteiger partial charge is 0.313 e. The van der Waals surface area contributed by atoms with Gasteiger partial charge < -0.3 is 20.4 Å². The lowest BCUT2D eigenvalue weighted by Crippen LogP contribution is -2.29. The van der Waals surface area contributed by atoms with Gasteiger partial charge in [-0.15, -0.1) is 23.5 Å². The molecule has 0 bridgehead atoms. The standard InChI is InChI=1S/C24H32F2N2O4S2/c1-12(2)8-17(27)22(14(4)9-29)33-11-18(32-5)28-23-19(24(30)31)16(10-34-23)15-7-6-13(3)20(25)21(15)26/h6-8,14,16,18-19,22,27,29H,9-11H2,1-5H3,(H,30,31). The Balaban J connectivity index is 2.26. The number of aryl methyl sites for hydroxylation is 1. The van der Waals surface area contributed by atoms with Gasteiger partial charge in [-0.05, 0) is 43.9 Å². The Labute approximate surface area is 207 Å². The number of hydrogen-bond donors (Lipinski definition) is 3. The summed E-state index contributed by atoms with van der Waals surface area (Å²) in [5.41, 5.74) is 1.55. The quantitative estimate of drug-likeness (QED) is 0.363. The van der Waals surface area contributed by atoms with E-state index < -0.39 is 35.7 Å². The van der Waals surface area contributed by atoms with Crippen molar-refractivity contribution < 1.29 is 28.5 Å². The molecule has 0 radical (unpaired) electrons.